The summed E-state index contributed by atoms with van der Waals surface area (Å²) in [7, 11) is -3.90. The number of carboxylic acid groups (broad SMARTS) is 1. The van der Waals surface area contributed by atoms with Gasteiger partial charge >= 0.3 is 5.97 Å². The van der Waals surface area contributed by atoms with Gasteiger partial charge in [0.25, 0.3) is 0 Å². The summed E-state index contributed by atoms with van der Waals surface area (Å²) in [6.07, 6.45) is 0. The van der Waals surface area contributed by atoms with Gasteiger partial charge in [-0.15, -0.1) is 0 Å². The SMILES string of the molecule is Cc1onc(-c2ccccc2)c1CN1C(c2c(C)n(CC(=O)O)c3ccccc23)c2ccccc2S1(=O)=O. The lowest BCUT2D eigenvalue weighted by Gasteiger charge is -2.25. The van der Waals surface area contributed by atoms with Gasteiger partial charge in [0.05, 0.1) is 10.9 Å². The summed E-state index contributed by atoms with van der Waals surface area (Å²) >= 11 is 0. The predicted molar refractivity (Wildman–Crippen MR) is 142 cm³/mol. The fraction of sp³-hybridized carbons (Fsp3) is 0.172. The Morgan fingerprint density at radius 2 is 1.66 bits per heavy atom. The number of aliphatic carboxylic acids is 1. The zero-order valence-corrected chi connectivity index (χ0v) is 21.6. The topological polar surface area (TPSA) is 106 Å². The summed E-state index contributed by atoms with van der Waals surface area (Å²) in [5.41, 5.74) is 4.99. The van der Waals surface area contributed by atoms with Crippen LogP contribution in [-0.2, 0) is 27.9 Å². The van der Waals surface area contributed by atoms with Crippen LogP contribution in [0, 0.1) is 13.8 Å². The Bertz CT molecular complexity index is 1800. The van der Waals surface area contributed by atoms with Crippen molar-refractivity contribution >= 4 is 26.9 Å². The molecule has 192 valence electrons. The van der Waals surface area contributed by atoms with E-state index in [-0.39, 0.29) is 18.0 Å². The van der Waals surface area contributed by atoms with Gasteiger partial charge in [-0.2, -0.15) is 4.31 Å². The molecule has 2 aromatic heterocycles. The quantitative estimate of drug-likeness (QED) is 0.322. The maximum absolute atomic E-state index is 14.1. The van der Waals surface area contributed by atoms with Gasteiger partial charge in [0.15, 0.2) is 0 Å². The number of benzene rings is 3. The highest BCUT2D eigenvalue weighted by molar-refractivity contribution is 7.89. The van der Waals surface area contributed by atoms with Gasteiger partial charge in [-0.25, -0.2) is 8.42 Å². The van der Waals surface area contributed by atoms with Gasteiger partial charge in [0.1, 0.15) is 18.0 Å². The second-order valence-corrected chi connectivity index (χ2v) is 11.3. The van der Waals surface area contributed by atoms with Crippen molar-refractivity contribution in [3.63, 3.8) is 0 Å². The van der Waals surface area contributed by atoms with Crippen LogP contribution in [-0.4, -0.2) is 33.5 Å². The van der Waals surface area contributed by atoms with Crippen LogP contribution in [0.5, 0.6) is 0 Å². The number of hydrogen-bond donors (Lipinski definition) is 1. The molecule has 0 bridgehead atoms. The molecule has 8 nitrogen and oxygen atoms in total. The molecule has 5 aromatic rings. The molecule has 1 aliphatic heterocycles. The normalized spacial score (nSPS) is 16.6. The van der Waals surface area contributed by atoms with Crippen LogP contribution in [0.4, 0.5) is 0 Å². The van der Waals surface area contributed by atoms with Crippen molar-refractivity contribution in [1.82, 2.24) is 14.0 Å². The van der Waals surface area contributed by atoms with E-state index in [1.165, 1.54) is 4.31 Å². The Kier molecular flexibility index (Phi) is 5.70. The third-order valence-corrected chi connectivity index (χ3v) is 9.17. The molecule has 1 unspecified atom stereocenters. The number of sulfonamides is 1. The van der Waals surface area contributed by atoms with E-state index in [2.05, 4.69) is 5.16 Å². The summed E-state index contributed by atoms with van der Waals surface area (Å²) in [5.74, 6) is -0.428. The lowest BCUT2D eigenvalue weighted by Crippen LogP contribution is -2.29. The first-order valence-electron chi connectivity index (χ1n) is 12.2. The molecule has 0 saturated carbocycles. The number of aryl methyl sites for hydroxylation is 1. The Morgan fingerprint density at radius 1 is 0.974 bits per heavy atom. The molecule has 3 aromatic carbocycles. The van der Waals surface area contributed by atoms with Gasteiger partial charge in [0.2, 0.25) is 10.0 Å². The fourth-order valence-electron chi connectivity index (χ4n) is 5.54. The summed E-state index contributed by atoms with van der Waals surface area (Å²) in [6.45, 7) is 3.45. The van der Waals surface area contributed by atoms with Crippen molar-refractivity contribution < 1.29 is 22.8 Å². The summed E-state index contributed by atoms with van der Waals surface area (Å²) in [6, 6.07) is 23.4. The molecule has 0 saturated heterocycles. The standard InChI is InChI=1S/C29H25N3O5S/c1-18-27(21-12-6-8-14-24(21)31(18)17-26(33)34)29-22-13-7-9-15-25(22)38(35,36)32(29)16-23-19(2)37-30-28(23)20-10-4-3-5-11-20/h3-15,29H,16-17H2,1-2H3,(H,33,34). The maximum Gasteiger partial charge on any atom is 0.323 e. The number of nitrogens with zero attached hydrogens (tertiary/aromatic N) is 3. The molecular weight excluding hydrogens is 502 g/mol. The summed E-state index contributed by atoms with van der Waals surface area (Å²) in [5, 5.41) is 14.7. The minimum Gasteiger partial charge on any atom is -0.480 e. The van der Waals surface area contributed by atoms with E-state index in [1.807, 2.05) is 73.7 Å². The fourth-order valence-corrected chi connectivity index (χ4v) is 7.31. The number of aromatic nitrogens is 2. The molecule has 6 rings (SSSR count). The predicted octanol–water partition coefficient (Wildman–Crippen LogP) is 5.29. The molecule has 38 heavy (non-hydrogen) atoms. The number of carboxylic acids is 1. The molecular formula is C29H25N3O5S. The number of carbonyl (C=O) groups is 1. The summed E-state index contributed by atoms with van der Waals surface area (Å²) < 4.78 is 36.9. The second kappa shape index (κ2) is 8.97. The third-order valence-electron chi connectivity index (χ3n) is 7.28. The first-order valence-corrected chi connectivity index (χ1v) is 13.6. The molecule has 9 heteroatoms. The molecule has 1 aliphatic rings. The Morgan fingerprint density at radius 3 is 2.42 bits per heavy atom. The zero-order chi connectivity index (χ0) is 26.6. The van der Waals surface area contributed by atoms with Crippen molar-refractivity contribution in [2.45, 2.75) is 37.9 Å². The van der Waals surface area contributed by atoms with E-state index in [4.69, 9.17) is 4.52 Å². The van der Waals surface area contributed by atoms with Gasteiger partial charge in [0, 0.05) is 39.8 Å². The summed E-state index contributed by atoms with van der Waals surface area (Å²) in [4.78, 5) is 12.0. The highest BCUT2D eigenvalue weighted by Crippen LogP contribution is 2.48. The Balaban J connectivity index is 1.58. The first-order chi connectivity index (χ1) is 18.3. The van der Waals surface area contributed by atoms with Gasteiger partial charge in [-0.05, 0) is 31.5 Å². The van der Waals surface area contributed by atoms with E-state index < -0.39 is 22.0 Å². The minimum absolute atomic E-state index is 0.0408. The van der Waals surface area contributed by atoms with E-state index in [9.17, 15) is 18.3 Å². The molecule has 0 fully saturated rings. The average Bonchev–Trinajstić information content (AvgIpc) is 3.48. The Labute approximate surface area is 219 Å². The molecule has 0 amide bonds. The van der Waals surface area contributed by atoms with Crippen LogP contribution in [0.1, 0.15) is 34.2 Å². The number of fused-ring (bicyclic) bond motifs is 2. The van der Waals surface area contributed by atoms with Gasteiger partial charge < -0.3 is 14.2 Å². The highest BCUT2D eigenvalue weighted by atomic mass is 32.2. The molecule has 3 heterocycles. The molecule has 0 spiro atoms. The number of para-hydroxylation sites is 1. The van der Waals surface area contributed by atoms with Crippen molar-refractivity contribution in [2.75, 3.05) is 0 Å². The van der Waals surface area contributed by atoms with Gasteiger partial charge in [-0.1, -0.05) is 71.9 Å². The molecule has 0 radical (unpaired) electrons. The number of hydrogen-bond acceptors (Lipinski definition) is 5. The minimum atomic E-state index is -3.90. The van der Waals surface area contributed by atoms with Crippen molar-refractivity contribution in [3.8, 4) is 11.3 Å². The van der Waals surface area contributed by atoms with E-state index >= 15 is 0 Å². The van der Waals surface area contributed by atoms with E-state index in [0.29, 0.717) is 28.3 Å². The van der Waals surface area contributed by atoms with Crippen LogP contribution in [0.15, 0.2) is 88.3 Å². The van der Waals surface area contributed by atoms with Crippen LogP contribution in [0.25, 0.3) is 22.2 Å². The smallest absolute Gasteiger partial charge is 0.323 e. The molecule has 0 aliphatic carbocycles. The monoisotopic (exact) mass is 527 g/mol. The average molecular weight is 528 g/mol. The largest absolute Gasteiger partial charge is 0.480 e. The van der Waals surface area contributed by atoms with Crippen molar-refractivity contribution in [3.05, 3.63) is 107 Å². The second-order valence-electron chi connectivity index (χ2n) is 9.42. The van der Waals surface area contributed by atoms with Gasteiger partial charge in [-0.3, -0.25) is 4.79 Å². The highest BCUT2D eigenvalue weighted by Gasteiger charge is 2.45. The Hall–Kier alpha value is -4.21. The number of rotatable bonds is 6. The van der Waals surface area contributed by atoms with Crippen LogP contribution >= 0.6 is 0 Å². The lowest BCUT2D eigenvalue weighted by atomic mass is 9.95. The first kappa shape index (κ1) is 24.1. The van der Waals surface area contributed by atoms with Crippen molar-refractivity contribution in [1.29, 1.82) is 0 Å². The van der Waals surface area contributed by atoms with Crippen LogP contribution in [0.2, 0.25) is 0 Å². The lowest BCUT2D eigenvalue weighted by molar-refractivity contribution is -0.137. The van der Waals surface area contributed by atoms with Crippen molar-refractivity contribution in [2.24, 2.45) is 0 Å². The third kappa shape index (κ3) is 3.66. The molecule has 1 atom stereocenters. The van der Waals surface area contributed by atoms with Crippen LogP contribution < -0.4 is 0 Å². The van der Waals surface area contributed by atoms with Crippen LogP contribution in [0.3, 0.4) is 0 Å². The maximum atomic E-state index is 14.1. The van der Waals surface area contributed by atoms with E-state index in [1.54, 1.807) is 23.6 Å². The zero-order valence-electron chi connectivity index (χ0n) is 20.8. The van der Waals surface area contributed by atoms with E-state index in [0.717, 1.165) is 22.0 Å². The molecule has 1 N–H and O–H groups in total.